The monoisotopic (exact) mass is 259 g/mol. The minimum Gasteiger partial charge on any atom is -0.393 e. The zero-order chi connectivity index (χ0) is 13.9. The molecule has 1 rings (SSSR count). The highest BCUT2D eigenvalue weighted by Gasteiger charge is 2.24. The van der Waals surface area contributed by atoms with Gasteiger partial charge in [-0.3, -0.25) is 10.1 Å². The predicted octanol–water partition coefficient (Wildman–Crippen LogP) is 3.41. The zero-order valence-corrected chi connectivity index (χ0v) is 10.1. The first-order valence-corrected chi connectivity index (χ1v) is 5.62. The number of nitro groups is 1. The summed E-state index contributed by atoms with van der Waals surface area (Å²) >= 11 is 0. The van der Waals surface area contributed by atoms with E-state index in [9.17, 15) is 24.0 Å². The van der Waals surface area contributed by atoms with Gasteiger partial charge in [-0.15, -0.1) is 0 Å². The van der Waals surface area contributed by atoms with Crippen molar-refractivity contribution < 1.29 is 18.8 Å². The summed E-state index contributed by atoms with van der Waals surface area (Å²) in [6.07, 6.45) is -3.10. The van der Waals surface area contributed by atoms with E-state index in [0.29, 0.717) is 6.42 Å². The average Bonchev–Trinajstić information content (AvgIpc) is 2.29. The topological polar surface area (TPSA) is 63.4 Å². The van der Waals surface area contributed by atoms with Crippen LogP contribution in [0.5, 0.6) is 0 Å². The number of hydrogen-bond donors (Lipinski definition) is 1. The van der Waals surface area contributed by atoms with Crippen LogP contribution < -0.4 is 0 Å². The minimum absolute atomic E-state index is 0.271. The largest absolute Gasteiger partial charge is 0.393 e. The summed E-state index contributed by atoms with van der Waals surface area (Å²) in [6, 6.07) is 3.37. The van der Waals surface area contributed by atoms with Crippen molar-refractivity contribution in [1.29, 1.82) is 0 Å². The van der Waals surface area contributed by atoms with Gasteiger partial charge in [0.1, 0.15) is 0 Å². The summed E-state index contributed by atoms with van der Waals surface area (Å²) in [5, 5.41) is 20.1. The molecule has 0 saturated carbocycles. The van der Waals surface area contributed by atoms with Crippen molar-refractivity contribution in [2.24, 2.45) is 0 Å². The Morgan fingerprint density at radius 3 is 2.39 bits per heavy atom. The number of aliphatic hydroxyl groups excluding tert-OH is 1. The highest BCUT2D eigenvalue weighted by Crippen LogP contribution is 2.34. The highest BCUT2D eigenvalue weighted by molar-refractivity contribution is 5.42. The Bertz CT molecular complexity index is 435. The molecule has 0 bridgehead atoms. The van der Waals surface area contributed by atoms with Gasteiger partial charge < -0.3 is 5.11 Å². The summed E-state index contributed by atoms with van der Waals surface area (Å²) in [6.45, 7) is 3.29. The molecule has 2 unspecified atom stereocenters. The molecular weight excluding hydrogens is 244 g/mol. The molecule has 0 saturated heterocycles. The third kappa shape index (κ3) is 3.01. The summed E-state index contributed by atoms with van der Waals surface area (Å²) < 4.78 is 25.9. The summed E-state index contributed by atoms with van der Waals surface area (Å²) in [5.41, 5.74) is -0.473. The molecule has 0 spiro atoms. The Balaban J connectivity index is 3.30. The molecule has 6 heteroatoms. The van der Waals surface area contributed by atoms with Gasteiger partial charge in [-0.2, -0.15) is 0 Å². The van der Waals surface area contributed by atoms with Crippen LogP contribution in [0.4, 0.5) is 14.5 Å². The second-order valence-electron chi connectivity index (χ2n) is 4.13. The zero-order valence-electron chi connectivity index (χ0n) is 10.1. The fourth-order valence-electron chi connectivity index (χ4n) is 2.02. The van der Waals surface area contributed by atoms with Crippen molar-refractivity contribution >= 4 is 5.69 Å². The van der Waals surface area contributed by atoms with Crippen LogP contribution >= 0.6 is 0 Å². The molecule has 0 aliphatic heterocycles. The maximum atomic E-state index is 12.9. The van der Waals surface area contributed by atoms with Gasteiger partial charge >= 0.3 is 0 Å². The fraction of sp³-hybridized carbons (Fsp3) is 0.500. The second kappa shape index (κ2) is 5.86. The smallest absolute Gasteiger partial charge is 0.269 e. The minimum atomic E-state index is -2.80. The van der Waals surface area contributed by atoms with E-state index in [1.807, 2.05) is 0 Å². The van der Waals surface area contributed by atoms with Gasteiger partial charge in [-0.25, -0.2) is 8.78 Å². The molecule has 0 heterocycles. The molecule has 2 atom stereocenters. The summed E-state index contributed by atoms with van der Waals surface area (Å²) in [7, 11) is 0. The predicted molar refractivity (Wildman–Crippen MR) is 62.8 cm³/mol. The quantitative estimate of drug-likeness (QED) is 0.651. The van der Waals surface area contributed by atoms with Crippen LogP contribution in [0.3, 0.4) is 0 Å². The number of benzene rings is 1. The van der Waals surface area contributed by atoms with Crippen LogP contribution in [0.15, 0.2) is 18.2 Å². The molecule has 0 aliphatic rings. The fourth-order valence-corrected chi connectivity index (χ4v) is 2.02. The van der Waals surface area contributed by atoms with Gasteiger partial charge in [0.2, 0.25) is 0 Å². The van der Waals surface area contributed by atoms with Crippen molar-refractivity contribution in [3.8, 4) is 0 Å². The third-order valence-corrected chi connectivity index (χ3v) is 2.94. The number of non-ortho nitro benzene ring substituents is 1. The Hall–Kier alpha value is -1.56. The standard InChI is InChI=1S/C12H15F2NO3/c1-3-9(7(2)16)10-5-4-8(15(17)18)6-11(10)12(13)14/h4-7,9,12,16H,3H2,1-2H3. The third-order valence-electron chi connectivity index (χ3n) is 2.94. The molecule has 1 aromatic rings. The summed E-state index contributed by atoms with van der Waals surface area (Å²) in [5.74, 6) is -0.449. The maximum Gasteiger partial charge on any atom is 0.269 e. The number of halogens is 2. The van der Waals surface area contributed by atoms with E-state index < -0.39 is 23.4 Å². The molecule has 1 aromatic carbocycles. The molecule has 18 heavy (non-hydrogen) atoms. The van der Waals surface area contributed by atoms with Gasteiger partial charge in [0.25, 0.3) is 12.1 Å². The van der Waals surface area contributed by atoms with Crippen molar-refractivity contribution in [3.05, 3.63) is 39.4 Å². The van der Waals surface area contributed by atoms with Crippen LogP contribution in [0.25, 0.3) is 0 Å². The van der Waals surface area contributed by atoms with Gasteiger partial charge in [-0.05, 0) is 18.9 Å². The molecular formula is C12H15F2NO3. The molecule has 0 aliphatic carbocycles. The molecule has 100 valence electrons. The lowest BCUT2D eigenvalue weighted by atomic mass is 9.88. The first kappa shape index (κ1) is 14.5. The van der Waals surface area contributed by atoms with Crippen molar-refractivity contribution in [2.75, 3.05) is 0 Å². The Morgan fingerprint density at radius 1 is 1.39 bits per heavy atom. The Labute approximate surface area is 103 Å². The Kier molecular flexibility index (Phi) is 4.72. The highest BCUT2D eigenvalue weighted by atomic mass is 19.3. The van der Waals surface area contributed by atoms with Gasteiger partial charge in [0.15, 0.2) is 0 Å². The van der Waals surface area contributed by atoms with E-state index in [0.717, 1.165) is 6.07 Å². The summed E-state index contributed by atoms with van der Waals surface area (Å²) in [4.78, 5) is 9.86. The van der Waals surface area contributed by atoms with E-state index in [2.05, 4.69) is 0 Å². The number of nitrogens with zero attached hydrogens (tertiary/aromatic N) is 1. The normalized spacial score (nSPS) is 14.6. The number of alkyl halides is 2. The van der Waals surface area contributed by atoms with Crippen LogP contribution in [0, 0.1) is 10.1 Å². The molecule has 0 fully saturated rings. The van der Waals surface area contributed by atoms with Gasteiger partial charge in [-0.1, -0.05) is 13.0 Å². The molecule has 4 nitrogen and oxygen atoms in total. The van der Waals surface area contributed by atoms with Crippen molar-refractivity contribution in [3.63, 3.8) is 0 Å². The first-order valence-electron chi connectivity index (χ1n) is 5.62. The van der Waals surface area contributed by atoms with E-state index in [4.69, 9.17) is 0 Å². The SMILES string of the molecule is CCC(c1ccc([N+](=O)[O-])cc1C(F)F)C(C)O. The lowest BCUT2D eigenvalue weighted by Crippen LogP contribution is -2.16. The molecule has 0 aromatic heterocycles. The van der Waals surface area contributed by atoms with E-state index in [1.165, 1.54) is 19.1 Å². The van der Waals surface area contributed by atoms with Crippen molar-refractivity contribution in [2.45, 2.75) is 38.7 Å². The molecule has 0 radical (unpaired) electrons. The Morgan fingerprint density at radius 2 is 2.00 bits per heavy atom. The second-order valence-corrected chi connectivity index (χ2v) is 4.13. The average molecular weight is 259 g/mol. The molecule has 0 amide bonds. The van der Waals surface area contributed by atoms with Crippen LogP contribution in [-0.2, 0) is 0 Å². The number of hydrogen-bond acceptors (Lipinski definition) is 3. The lowest BCUT2D eigenvalue weighted by molar-refractivity contribution is -0.385. The van der Waals surface area contributed by atoms with Crippen LogP contribution in [0.1, 0.15) is 43.7 Å². The van der Waals surface area contributed by atoms with E-state index in [-0.39, 0.29) is 16.8 Å². The molecule has 1 N–H and O–H groups in total. The van der Waals surface area contributed by atoms with E-state index in [1.54, 1.807) is 6.92 Å². The maximum absolute atomic E-state index is 12.9. The lowest BCUT2D eigenvalue weighted by Gasteiger charge is -2.21. The van der Waals surface area contributed by atoms with Crippen molar-refractivity contribution in [1.82, 2.24) is 0 Å². The van der Waals surface area contributed by atoms with Crippen LogP contribution in [-0.4, -0.2) is 16.1 Å². The first-order chi connectivity index (χ1) is 8.38. The van der Waals surface area contributed by atoms with Gasteiger partial charge in [0.05, 0.1) is 11.0 Å². The van der Waals surface area contributed by atoms with Crippen LogP contribution in [0.2, 0.25) is 0 Å². The number of rotatable bonds is 5. The van der Waals surface area contributed by atoms with Gasteiger partial charge in [0, 0.05) is 23.6 Å². The van der Waals surface area contributed by atoms with E-state index >= 15 is 0 Å². The number of aliphatic hydroxyl groups is 1. The number of nitro benzene ring substituents is 1.